The molecular formula is C34H36ClN3O7. The van der Waals surface area contributed by atoms with Crippen molar-refractivity contribution in [2.45, 2.75) is 33.0 Å². The van der Waals surface area contributed by atoms with Gasteiger partial charge in [-0.2, -0.15) is 0 Å². The Labute approximate surface area is 266 Å². The summed E-state index contributed by atoms with van der Waals surface area (Å²) in [6.07, 6.45) is 0.607. The average molecular weight is 634 g/mol. The summed E-state index contributed by atoms with van der Waals surface area (Å²) in [5, 5.41) is 14.1. The molecule has 0 aliphatic carbocycles. The number of nitrogens with zero attached hydrogens (tertiary/aromatic N) is 1. The second-order valence-electron chi connectivity index (χ2n) is 11.7. The summed E-state index contributed by atoms with van der Waals surface area (Å²) in [6, 6.07) is 15.8. The molecule has 1 aromatic heterocycles. The van der Waals surface area contributed by atoms with E-state index in [-0.39, 0.29) is 13.2 Å². The molecule has 1 unspecified atom stereocenters. The maximum atomic E-state index is 14.2. The Morgan fingerprint density at radius 2 is 1.91 bits per heavy atom. The lowest BCUT2D eigenvalue weighted by atomic mass is 9.92. The molecule has 4 aromatic rings. The molecule has 1 aliphatic rings. The minimum absolute atomic E-state index is 0.166. The summed E-state index contributed by atoms with van der Waals surface area (Å²) in [5.41, 5.74) is 8.64. The predicted molar refractivity (Wildman–Crippen MR) is 174 cm³/mol. The van der Waals surface area contributed by atoms with Gasteiger partial charge in [-0.3, -0.25) is 9.59 Å². The first-order valence-corrected chi connectivity index (χ1v) is 14.7. The molecule has 0 saturated heterocycles. The van der Waals surface area contributed by atoms with Crippen LogP contribution < -0.4 is 25.4 Å². The minimum Gasteiger partial charge on any atom is -0.493 e. The number of nitrogen functional groups attached to an aromatic ring is 1. The summed E-state index contributed by atoms with van der Waals surface area (Å²) in [4.78, 5) is 28.9. The number of para-hydroxylation sites is 1. The van der Waals surface area contributed by atoms with E-state index in [0.717, 1.165) is 5.39 Å². The summed E-state index contributed by atoms with van der Waals surface area (Å²) < 4.78 is 23.4. The van der Waals surface area contributed by atoms with Gasteiger partial charge in [0, 0.05) is 57.6 Å². The monoisotopic (exact) mass is 633 g/mol. The standard InChI is InChI=1S/C34H36ClN3O7/c1-19-13-20-14-22(16-25(36)30(20)44-19)37-29(40)12-11-28-33(41)38(17-34(2,3)18-39)26-10-9-21(35)15-24(26)31(45-28)23-7-6-8-27(42-4)32(23)43-5/h6-16,28,31,39H,17-18,36H2,1-5H3,(H,37,40)/b12-11+/t28?,31-/m1/s1. The van der Waals surface area contributed by atoms with Gasteiger partial charge in [0.25, 0.3) is 5.91 Å². The first-order chi connectivity index (χ1) is 21.4. The number of methoxy groups -OCH3 is 2. The third-order valence-corrected chi connectivity index (χ3v) is 7.78. The topological polar surface area (TPSA) is 136 Å². The van der Waals surface area contributed by atoms with Crippen LogP contribution in [-0.2, 0) is 14.3 Å². The van der Waals surface area contributed by atoms with Gasteiger partial charge < -0.3 is 39.7 Å². The van der Waals surface area contributed by atoms with Crippen LogP contribution in [0.25, 0.3) is 11.0 Å². The number of rotatable bonds is 9. The van der Waals surface area contributed by atoms with Gasteiger partial charge in [0.1, 0.15) is 11.9 Å². The summed E-state index contributed by atoms with van der Waals surface area (Å²) >= 11 is 6.49. The molecule has 0 radical (unpaired) electrons. The number of fused-ring (bicyclic) bond motifs is 2. The highest BCUT2D eigenvalue weighted by atomic mass is 35.5. The molecule has 0 bridgehead atoms. The fourth-order valence-electron chi connectivity index (χ4n) is 5.40. The Bertz CT molecular complexity index is 1780. The smallest absolute Gasteiger partial charge is 0.260 e. The number of carbonyl (C=O) groups excluding carboxylic acids is 2. The van der Waals surface area contributed by atoms with Gasteiger partial charge in [-0.25, -0.2) is 0 Å². The molecule has 0 spiro atoms. The molecule has 3 aromatic carbocycles. The highest BCUT2D eigenvalue weighted by molar-refractivity contribution is 6.30. The van der Waals surface area contributed by atoms with E-state index < -0.39 is 29.4 Å². The van der Waals surface area contributed by atoms with Crippen molar-refractivity contribution in [2.24, 2.45) is 5.41 Å². The van der Waals surface area contributed by atoms with E-state index in [1.54, 1.807) is 47.4 Å². The number of aliphatic hydroxyl groups is 1. The maximum absolute atomic E-state index is 14.2. The predicted octanol–water partition coefficient (Wildman–Crippen LogP) is 6.03. The van der Waals surface area contributed by atoms with E-state index in [0.29, 0.717) is 56.1 Å². The molecule has 2 atom stereocenters. The number of aliphatic hydroxyl groups excluding tert-OH is 1. The molecule has 0 saturated carbocycles. The molecule has 45 heavy (non-hydrogen) atoms. The van der Waals surface area contributed by atoms with Gasteiger partial charge in [0.15, 0.2) is 23.2 Å². The van der Waals surface area contributed by atoms with Crippen LogP contribution in [0, 0.1) is 12.3 Å². The van der Waals surface area contributed by atoms with Crippen LogP contribution in [0.5, 0.6) is 11.5 Å². The zero-order valence-corrected chi connectivity index (χ0v) is 26.5. The number of carbonyl (C=O) groups is 2. The lowest BCUT2D eigenvalue weighted by Crippen LogP contribution is -2.44. The maximum Gasteiger partial charge on any atom is 0.260 e. The van der Waals surface area contributed by atoms with Crippen LogP contribution in [0.1, 0.15) is 36.8 Å². The fraction of sp³-hybridized carbons (Fsp3) is 0.294. The van der Waals surface area contributed by atoms with Gasteiger partial charge in [-0.1, -0.05) is 37.6 Å². The number of hydrogen-bond acceptors (Lipinski definition) is 8. The van der Waals surface area contributed by atoms with Crippen molar-refractivity contribution in [2.75, 3.05) is 43.3 Å². The van der Waals surface area contributed by atoms with Crippen molar-refractivity contribution in [3.05, 3.63) is 88.7 Å². The van der Waals surface area contributed by atoms with Crippen molar-refractivity contribution in [1.29, 1.82) is 0 Å². The second-order valence-corrected chi connectivity index (χ2v) is 12.1. The number of nitrogens with two attached hydrogens (primary N) is 1. The highest BCUT2D eigenvalue weighted by Crippen LogP contribution is 2.45. The number of nitrogens with one attached hydrogen (secondary N) is 1. The summed E-state index contributed by atoms with van der Waals surface area (Å²) in [7, 11) is 3.06. The molecule has 10 nitrogen and oxygen atoms in total. The van der Waals surface area contributed by atoms with E-state index in [2.05, 4.69) is 5.32 Å². The van der Waals surface area contributed by atoms with E-state index >= 15 is 0 Å². The lowest BCUT2D eigenvalue weighted by molar-refractivity contribution is -0.129. The zero-order chi connectivity index (χ0) is 32.5. The van der Waals surface area contributed by atoms with Crippen molar-refractivity contribution in [1.82, 2.24) is 0 Å². The van der Waals surface area contributed by atoms with Crippen LogP contribution >= 0.6 is 11.6 Å². The quantitative estimate of drug-likeness (QED) is 0.150. The molecule has 236 valence electrons. The average Bonchev–Trinajstić information content (AvgIpc) is 3.35. The number of ether oxygens (including phenoxy) is 3. The third-order valence-electron chi connectivity index (χ3n) is 7.54. The van der Waals surface area contributed by atoms with Crippen LogP contribution in [0.2, 0.25) is 5.02 Å². The van der Waals surface area contributed by atoms with Gasteiger partial charge in [-0.15, -0.1) is 0 Å². The highest BCUT2D eigenvalue weighted by Gasteiger charge is 2.39. The largest absolute Gasteiger partial charge is 0.493 e. The SMILES string of the molecule is COc1cccc([C@H]2OC(/C=C/C(=O)Nc3cc(N)c4oc(C)cc4c3)C(=O)N(CC(C)(C)CO)c3ccc(Cl)cc32)c1OC. The first kappa shape index (κ1) is 31.9. The van der Waals surface area contributed by atoms with Gasteiger partial charge in [0.05, 0.1) is 19.9 Å². The number of amides is 2. The second kappa shape index (κ2) is 12.8. The summed E-state index contributed by atoms with van der Waals surface area (Å²) in [6.45, 7) is 5.53. The van der Waals surface area contributed by atoms with Crippen LogP contribution in [0.4, 0.5) is 17.1 Å². The molecule has 11 heteroatoms. The number of hydrogen-bond donors (Lipinski definition) is 3. The third kappa shape index (κ3) is 6.63. The Balaban J connectivity index is 1.56. The van der Waals surface area contributed by atoms with Crippen LogP contribution in [0.3, 0.4) is 0 Å². The summed E-state index contributed by atoms with van der Waals surface area (Å²) in [5.74, 6) is 0.686. The van der Waals surface area contributed by atoms with Crippen LogP contribution in [0.15, 0.2) is 71.2 Å². The van der Waals surface area contributed by atoms with Crippen molar-refractivity contribution >= 4 is 51.4 Å². The van der Waals surface area contributed by atoms with E-state index in [9.17, 15) is 14.7 Å². The number of halogens is 1. The number of furan rings is 1. The van der Waals surface area contributed by atoms with E-state index in [1.165, 1.54) is 26.4 Å². The molecule has 4 N–H and O–H groups in total. The van der Waals surface area contributed by atoms with E-state index in [1.807, 2.05) is 32.9 Å². The molecule has 2 heterocycles. The number of aryl methyl sites for hydroxylation is 1. The number of benzene rings is 3. The van der Waals surface area contributed by atoms with E-state index in [4.69, 9.17) is 36.0 Å². The normalized spacial score (nSPS) is 17.0. The molecule has 0 fully saturated rings. The molecular weight excluding hydrogens is 598 g/mol. The fourth-order valence-corrected chi connectivity index (χ4v) is 5.58. The van der Waals surface area contributed by atoms with Crippen molar-refractivity contribution < 1.29 is 33.3 Å². The Kier molecular flexibility index (Phi) is 9.11. The zero-order valence-electron chi connectivity index (χ0n) is 25.7. The van der Waals surface area contributed by atoms with Crippen molar-refractivity contribution in [3.63, 3.8) is 0 Å². The van der Waals surface area contributed by atoms with Gasteiger partial charge in [0.2, 0.25) is 5.91 Å². The molecule has 5 rings (SSSR count). The van der Waals surface area contributed by atoms with Gasteiger partial charge >= 0.3 is 0 Å². The number of anilines is 3. The molecule has 2 amide bonds. The van der Waals surface area contributed by atoms with Crippen LogP contribution in [-0.4, -0.2) is 50.4 Å². The van der Waals surface area contributed by atoms with Gasteiger partial charge in [-0.05, 0) is 55.5 Å². The van der Waals surface area contributed by atoms with Crippen molar-refractivity contribution in [3.8, 4) is 11.5 Å². The Morgan fingerprint density at radius 3 is 2.62 bits per heavy atom. The Hall–Kier alpha value is -4.51. The Morgan fingerprint density at radius 1 is 1.13 bits per heavy atom. The first-order valence-electron chi connectivity index (χ1n) is 14.3. The lowest BCUT2D eigenvalue weighted by Gasteiger charge is -2.32. The molecule has 1 aliphatic heterocycles. The minimum atomic E-state index is -1.21.